The van der Waals surface area contributed by atoms with E-state index in [9.17, 15) is 18.0 Å². The number of ether oxygens (including phenoxy) is 1. The van der Waals surface area contributed by atoms with Crippen LogP contribution in [0.15, 0.2) is 30.3 Å². The van der Waals surface area contributed by atoms with Crippen molar-refractivity contribution < 1.29 is 22.7 Å². The fourth-order valence-corrected chi connectivity index (χ4v) is 2.38. The largest absolute Gasteiger partial charge is 0.438 e. The first-order chi connectivity index (χ1) is 12.3. The lowest BCUT2D eigenvalue weighted by Crippen LogP contribution is -2.30. The Bertz CT molecular complexity index is 742. The van der Waals surface area contributed by atoms with E-state index >= 15 is 0 Å². The van der Waals surface area contributed by atoms with Gasteiger partial charge in [0, 0.05) is 12.6 Å². The smallest absolute Gasteiger partial charge is 0.416 e. The van der Waals surface area contributed by atoms with Gasteiger partial charge in [-0.25, -0.2) is 4.79 Å². The number of unbranched alkanes of at least 4 members (excludes halogenated alkanes) is 3. The monoisotopic (exact) mass is 369 g/mol. The molecule has 0 aliphatic rings. The molecular formula is C18H22F3N3O2. The van der Waals surface area contributed by atoms with E-state index in [1.165, 1.54) is 18.2 Å². The van der Waals surface area contributed by atoms with Gasteiger partial charge >= 0.3 is 12.2 Å². The van der Waals surface area contributed by atoms with Gasteiger partial charge in [0.1, 0.15) is 5.75 Å². The second-order valence-corrected chi connectivity index (χ2v) is 5.96. The molecule has 2 aromatic rings. The highest BCUT2D eigenvalue weighted by Gasteiger charge is 2.30. The van der Waals surface area contributed by atoms with Crippen LogP contribution in [0.4, 0.5) is 18.0 Å². The van der Waals surface area contributed by atoms with Crippen LogP contribution < -0.4 is 10.1 Å². The molecular weight excluding hydrogens is 347 g/mol. The lowest BCUT2D eigenvalue weighted by Gasteiger charge is -2.08. The number of amides is 1. The van der Waals surface area contributed by atoms with Gasteiger partial charge in [0.2, 0.25) is 5.88 Å². The fraction of sp³-hybridized carbons (Fsp3) is 0.444. The van der Waals surface area contributed by atoms with Crippen LogP contribution in [0.2, 0.25) is 0 Å². The molecule has 1 aromatic carbocycles. The highest BCUT2D eigenvalue weighted by molar-refractivity contribution is 5.76. The van der Waals surface area contributed by atoms with Crippen molar-refractivity contribution in [1.82, 2.24) is 15.1 Å². The van der Waals surface area contributed by atoms with Crippen molar-refractivity contribution in [1.29, 1.82) is 0 Å². The summed E-state index contributed by atoms with van der Waals surface area (Å²) in [4.78, 5) is 12.1. The summed E-state index contributed by atoms with van der Waals surface area (Å²) in [6.07, 6.45) is -0.299. The Hall–Kier alpha value is -2.51. The second-order valence-electron chi connectivity index (χ2n) is 5.96. The van der Waals surface area contributed by atoms with Gasteiger partial charge in [0.25, 0.3) is 0 Å². The number of benzene rings is 1. The van der Waals surface area contributed by atoms with Crippen LogP contribution in [0.5, 0.6) is 11.6 Å². The third kappa shape index (κ3) is 5.50. The molecule has 0 unspecified atom stereocenters. The van der Waals surface area contributed by atoms with Crippen LogP contribution in [-0.2, 0) is 6.18 Å². The minimum absolute atomic E-state index is 0.00412. The standard InChI is InChI=1S/C18H22F3N3O2/c1-3-4-5-6-10-22-17(25)24-13(2)11-16(23-24)26-15-9-7-8-14(12-15)18(19,20)21/h7-9,11-12H,3-6,10H2,1-2H3,(H,22,25). The molecule has 0 saturated heterocycles. The lowest BCUT2D eigenvalue weighted by atomic mass is 10.2. The van der Waals surface area contributed by atoms with E-state index in [-0.39, 0.29) is 11.6 Å². The van der Waals surface area contributed by atoms with E-state index in [0.717, 1.165) is 42.5 Å². The molecule has 0 aliphatic heterocycles. The number of hydrogen-bond donors (Lipinski definition) is 1. The van der Waals surface area contributed by atoms with Gasteiger partial charge in [-0.1, -0.05) is 32.3 Å². The van der Waals surface area contributed by atoms with Gasteiger partial charge in [0.05, 0.1) is 11.3 Å². The number of nitrogens with zero attached hydrogens (tertiary/aromatic N) is 2. The molecule has 0 saturated carbocycles. The van der Waals surface area contributed by atoms with E-state index in [1.54, 1.807) is 6.92 Å². The maximum Gasteiger partial charge on any atom is 0.416 e. The summed E-state index contributed by atoms with van der Waals surface area (Å²) in [6.45, 7) is 4.32. The molecule has 0 atom stereocenters. The minimum Gasteiger partial charge on any atom is -0.438 e. The van der Waals surface area contributed by atoms with E-state index in [0.29, 0.717) is 12.2 Å². The third-order valence-electron chi connectivity index (χ3n) is 3.75. The van der Waals surface area contributed by atoms with Gasteiger partial charge < -0.3 is 10.1 Å². The number of aryl methyl sites for hydroxylation is 1. The Labute approximate surface area is 150 Å². The average molecular weight is 369 g/mol. The first kappa shape index (κ1) is 19.8. The Morgan fingerprint density at radius 3 is 2.69 bits per heavy atom. The maximum absolute atomic E-state index is 12.7. The highest BCUT2D eigenvalue weighted by atomic mass is 19.4. The summed E-state index contributed by atoms with van der Waals surface area (Å²) in [5.41, 5.74) is -0.283. The molecule has 0 aliphatic carbocycles. The number of carbonyl (C=O) groups is 1. The first-order valence-corrected chi connectivity index (χ1v) is 8.51. The Balaban J connectivity index is 2.00. The predicted octanol–water partition coefficient (Wildman–Crippen LogP) is 5.14. The van der Waals surface area contributed by atoms with Crippen LogP contribution in [-0.4, -0.2) is 22.4 Å². The molecule has 0 bridgehead atoms. The van der Waals surface area contributed by atoms with Gasteiger partial charge in [-0.2, -0.15) is 17.9 Å². The predicted molar refractivity (Wildman–Crippen MR) is 91.4 cm³/mol. The van der Waals surface area contributed by atoms with Crippen molar-refractivity contribution in [2.24, 2.45) is 0 Å². The normalized spacial score (nSPS) is 11.4. The van der Waals surface area contributed by atoms with Gasteiger partial charge in [-0.05, 0) is 31.5 Å². The summed E-state index contributed by atoms with van der Waals surface area (Å²) < 4.78 is 44.8. The summed E-state index contributed by atoms with van der Waals surface area (Å²) in [6, 6.07) is 5.61. The van der Waals surface area contributed by atoms with Crippen molar-refractivity contribution in [3.05, 3.63) is 41.6 Å². The number of hydrogen-bond acceptors (Lipinski definition) is 3. The van der Waals surface area contributed by atoms with Crippen molar-refractivity contribution in [3.63, 3.8) is 0 Å². The molecule has 2 rings (SSSR count). The minimum atomic E-state index is -4.45. The maximum atomic E-state index is 12.7. The van der Waals surface area contributed by atoms with Crippen molar-refractivity contribution >= 4 is 6.03 Å². The second kappa shape index (κ2) is 8.73. The van der Waals surface area contributed by atoms with Crippen molar-refractivity contribution in [2.75, 3.05) is 6.54 Å². The Morgan fingerprint density at radius 1 is 1.23 bits per heavy atom. The molecule has 0 spiro atoms. The molecule has 1 heterocycles. The van der Waals surface area contributed by atoms with E-state index < -0.39 is 17.8 Å². The van der Waals surface area contributed by atoms with Crippen LogP contribution in [0.25, 0.3) is 0 Å². The van der Waals surface area contributed by atoms with Gasteiger partial charge in [0.15, 0.2) is 0 Å². The number of carbonyl (C=O) groups excluding carboxylic acids is 1. The van der Waals surface area contributed by atoms with Gasteiger partial charge in [-0.3, -0.25) is 0 Å². The molecule has 0 radical (unpaired) electrons. The van der Waals surface area contributed by atoms with Crippen molar-refractivity contribution in [3.8, 4) is 11.6 Å². The van der Waals surface area contributed by atoms with Crippen molar-refractivity contribution in [2.45, 2.75) is 45.7 Å². The molecule has 8 heteroatoms. The van der Waals surface area contributed by atoms with Crippen LogP contribution in [0.1, 0.15) is 43.9 Å². The van der Waals surface area contributed by atoms with E-state index in [1.807, 2.05) is 0 Å². The Kier molecular flexibility index (Phi) is 6.65. The summed E-state index contributed by atoms with van der Waals surface area (Å²) in [5, 5.41) is 6.78. The number of aromatic nitrogens is 2. The molecule has 142 valence electrons. The fourth-order valence-electron chi connectivity index (χ4n) is 2.38. The molecule has 1 amide bonds. The summed E-state index contributed by atoms with van der Waals surface area (Å²) in [7, 11) is 0. The van der Waals surface area contributed by atoms with E-state index in [4.69, 9.17) is 4.74 Å². The number of alkyl halides is 3. The number of rotatable bonds is 7. The summed E-state index contributed by atoms with van der Waals surface area (Å²) >= 11 is 0. The number of nitrogens with one attached hydrogen (secondary N) is 1. The number of halogens is 3. The van der Waals surface area contributed by atoms with E-state index in [2.05, 4.69) is 17.3 Å². The highest BCUT2D eigenvalue weighted by Crippen LogP contribution is 2.32. The SMILES string of the molecule is CCCCCCNC(=O)n1nc(Oc2cccc(C(F)(F)F)c2)cc1C. The Morgan fingerprint density at radius 2 is 2.00 bits per heavy atom. The quantitative estimate of drug-likeness (QED) is 0.688. The molecule has 26 heavy (non-hydrogen) atoms. The molecule has 0 fully saturated rings. The zero-order valence-corrected chi connectivity index (χ0v) is 14.8. The molecule has 5 nitrogen and oxygen atoms in total. The summed E-state index contributed by atoms with van der Waals surface area (Å²) in [5.74, 6) is 0.0624. The van der Waals surface area contributed by atoms with Crippen LogP contribution >= 0.6 is 0 Å². The topological polar surface area (TPSA) is 56.2 Å². The third-order valence-corrected chi connectivity index (χ3v) is 3.75. The van der Waals surface area contributed by atoms with Crippen LogP contribution in [0, 0.1) is 6.92 Å². The average Bonchev–Trinajstić information content (AvgIpc) is 2.94. The molecule has 1 N–H and O–H groups in total. The van der Waals surface area contributed by atoms with Gasteiger partial charge in [-0.15, -0.1) is 5.10 Å². The zero-order chi connectivity index (χ0) is 19.2. The first-order valence-electron chi connectivity index (χ1n) is 8.51. The molecule has 1 aromatic heterocycles. The van der Waals surface area contributed by atoms with Crippen LogP contribution in [0.3, 0.4) is 0 Å². The lowest BCUT2D eigenvalue weighted by molar-refractivity contribution is -0.137. The zero-order valence-electron chi connectivity index (χ0n) is 14.8.